The molecule has 2 unspecified atom stereocenters. The van der Waals surface area contributed by atoms with Crippen molar-refractivity contribution in [2.45, 2.75) is 58.5 Å². The second-order valence-electron chi connectivity index (χ2n) is 4.47. The summed E-state index contributed by atoms with van der Waals surface area (Å²) in [5.74, 6) is 0.297. The van der Waals surface area contributed by atoms with Crippen LogP contribution >= 0.6 is 0 Å². The van der Waals surface area contributed by atoms with Crippen LogP contribution in [-0.2, 0) is 4.79 Å². The van der Waals surface area contributed by atoms with Crippen LogP contribution in [0.2, 0.25) is 0 Å². The summed E-state index contributed by atoms with van der Waals surface area (Å²) in [7, 11) is 0. The molecule has 1 aliphatic rings. The van der Waals surface area contributed by atoms with Gasteiger partial charge in [-0.3, -0.25) is 4.79 Å². The molecular formula is C12H24N2O. The fraction of sp³-hybridized carbons (Fsp3) is 0.917. The summed E-state index contributed by atoms with van der Waals surface area (Å²) in [6, 6.07) is 0.563. The first-order chi connectivity index (χ1) is 7.19. The number of hydrogen-bond donors (Lipinski definition) is 1. The monoisotopic (exact) mass is 212 g/mol. The Morgan fingerprint density at radius 3 is 2.67 bits per heavy atom. The van der Waals surface area contributed by atoms with Crippen molar-refractivity contribution in [3.05, 3.63) is 0 Å². The van der Waals surface area contributed by atoms with E-state index in [0.29, 0.717) is 11.9 Å². The van der Waals surface area contributed by atoms with Crippen molar-refractivity contribution in [1.29, 1.82) is 0 Å². The fourth-order valence-electron chi connectivity index (χ4n) is 2.25. The largest absolute Gasteiger partial charge is 0.342 e. The van der Waals surface area contributed by atoms with Crippen molar-refractivity contribution in [2.24, 2.45) is 0 Å². The molecule has 0 aromatic heterocycles. The molecule has 1 N–H and O–H groups in total. The molecule has 0 aromatic carbocycles. The molecule has 1 heterocycles. The Morgan fingerprint density at radius 2 is 2.13 bits per heavy atom. The van der Waals surface area contributed by atoms with Gasteiger partial charge >= 0.3 is 0 Å². The first-order valence-electron chi connectivity index (χ1n) is 6.23. The van der Waals surface area contributed by atoms with Crippen LogP contribution in [0, 0.1) is 0 Å². The number of piperidine rings is 1. The average molecular weight is 212 g/mol. The summed E-state index contributed by atoms with van der Waals surface area (Å²) < 4.78 is 0. The fourth-order valence-corrected chi connectivity index (χ4v) is 2.25. The van der Waals surface area contributed by atoms with Gasteiger partial charge < -0.3 is 10.2 Å². The van der Waals surface area contributed by atoms with Crippen LogP contribution in [0.1, 0.15) is 46.5 Å². The van der Waals surface area contributed by atoms with Gasteiger partial charge in [-0.1, -0.05) is 6.92 Å². The van der Waals surface area contributed by atoms with E-state index in [-0.39, 0.29) is 6.04 Å². The van der Waals surface area contributed by atoms with E-state index >= 15 is 0 Å². The summed E-state index contributed by atoms with van der Waals surface area (Å²) >= 11 is 0. The number of nitrogens with one attached hydrogen (secondary N) is 1. The number of amides is 1. The molecule has 15 heavy (non-hydrogen) atoms. The molecule has 1 saturated heterocycles. The Morgan fingerprint density at radius 1 is 1.40 bits per heavy atom. The lowest BCUT2D eigenvalue weighted by Crippen LogP contribution is -2.51. The number of nitrogens with zero attached hydrogens (tertiary/aromatic N) is 1. The highest BCUT2D eigenvalue weighted by Crippen LogP contribution is 2.14. The third-order valence-electron chi connectivity index (χ3n) is 3.10. The highest BCUT2D eigenvalue weighted by atomic mass is 16.2. The Kier molecular flexibility index (Phi) is 5.09. The topological polar surface area (TPSA) is 32.3 Å². The summed E-state index contributed by atoms with van der Waals surface area (Å²) in [6.07, 6.45) is 4.42. The molecule has 1 fully saturated rings. The second kappa shape index (κ2) is 6.11. The van der Waals surface area contributed by atoms with Crippen LogP contribution in [0.15, 0.2) is 0 Å². The van der Waals surface area contributed by atoms with E-state index in [1.165, 1.54) is 12.8 Å². The zero-order valence-corrected chi connectivity index (χ0v) is 10.3. The lowest BCUT2D eigenvalue weighted by Gasteiger charge is -2.32. The van der Waals surface area contributed by atoms with Crippen LogP contribution in [-0.4, -0.2) is 36.0 Å². The van der Waals surface area contributed by atoms with Crippen molar-refractivity contribution in [3.8, 4) is 0 Å². The van der Waals surface area contributed by atoms with E-state index in [1.807, 2.05) is 4.90 Å². The molecule has 1 rings (SSSR count). The van der Waals surface area contributed by atoms with Crippen LogP contribution < -0.4 is 5.32 Å². The van der Waals surface area contributed by atoms with Gasteiger partial charge in [-0.15, -0.1) is 0 Å². The van der Waals surface area contributed by atoms with Gasteiger partial charge in [0.15, 0.2) is 0 Å². The van der Waals surface area contributed by atoms with Gasteiger partial charge in [-0.2, -0.15) is 0 Å². The molecule has 0 radical (unpaired) electrons. The molecule has 2 atom stereocenters. The number of rotatable bonds is 4. The summed E-state index contributed by atoms with van der Waals surface area (Å²) in [6.45, 7) is 8.06. The van der Waals surface area contributed by atoms with Gasteiger partial charge in [0.1, 0.15) is 0 Å². The molecular weight excluding hydrogens is 188 g/mol. The first kappa shape index (κ1) is 12.5. The van der Waals surface area contributed by atoms with Crippen molar-refractivity contribution < 1.29 is 4.79 Å². The lowest BCUT2D eigenvalue weighted by molar-refractivity contribution is -0.134. The normalized spacial score (nSPS) is 26.3. The van der Waals surface area contributed by atoms with Crippen LogP contribution in [0.4, 0.5) is 0 Å². The maximum atomic E-state index is 12.1. The predicted molar refractivity (Wildman–Crippen MR) is 62.8 cm³/mol. The first-order valence-corrected chi connectivity index (χ1v) is 6.23. The molecule has 0 spiro atoms. The zero-order chi connectivity index (χ0) is 11.3. The van der Waals surface area contributed by atoms with E-state index in [4.69, 9.17) is 0 Å². The maximum Gasteiger partial charge on any atom is 0.239 e. The highest BCUT2D eigenvalue weighted by Gasteiger charge is 2.26. The molecule has 0 aliphatic carbocycles. The number of carbonyl (C=O) groups excluding carboxylic acids is 1. The summed E-state index contributed by atoms with van der Waals surface area (Å²) in [5.41, 5.74) is 0. The van der Waals surface area contributed by atoms with E-state index in [2.05, 4.69) is 26.1 Å². The van der Waals surface area contributed by atoms with Gasteiger partial charge in [-0.05, 0) is 39.5 Å². The van der Waals surface area contributed by atoms with Gasteiger partial charge in [0, 0.05) is 19.1 Å². The van der Waals surface area contributed by atoms with Crippen LogP contribution in [0.5, 0.6) is 0 Å². The predicted octanol–water partition coefficient (Wildman–Crippen LogP) is 1.78. The lowest BCUT2D eigenvalue weighted by atomic mass is 9.98. The molecule has 0 aromatic rings. The Labute approximate surface area is 93.2 Å². The molecule has 88 valence electrons. The smallest absolute Gasteiger partial charge is 0.239 e. The molecule has 3 heteroatoms. The standard InChI is InChI=1S/C12H24N2O/c1-4-9-14(5-2)12(15)11-8-6-7-10(3)13-11/h10-11,13H,4-9H2,1-3H3. The van der Waals surface area contributed by atoms with E-state index in [9.17, 15) is 4.79 Å². The number of carbonyl (C=O) groups is 1. The minimum atomic E-state index is 0.0697. The van der Waals surface area contributed by atoms with Gasteiger partial charge in [0.2, 0.25) is 5.91 Å². The third-order valence-corrected chi connectivity index (χ3v) is 3.10. The van der Waals surface area contributed by atoms with Gasteiger partial charge in [-0.25, -0.2) is 0 Å². The SMILES string of the molecule is CCCN(CC)C(=O)C1CCCC(C)N1. The summed E-state index contributed by atoms with van der Waals surface area (Å²) in [4.78, 5) is 14.1. The van der Waals surface area contributed by atoms with Crippen molar-refractivity contribution in [2.75, 3.05) is 13.1 Å². The second-order valence-corrected chi connectivity index (χ2v) is 4.47. The molecule has 1 aliphatic heterocycles. The van der Waals surface area contributed by atoms with Crippen molar-refractivity contribution >= 4 is 5.91 Å². The van der Waals surface area contributed by atoms with Crippen molar-refractivity contribution in [3.63, 3.8) is 0 Å². The third kappa shape index (κ3) is 3.49. The van der Waals surface area contributed by atoms with Gasteiger partial charge in [0.25, 0.3) is 0 Å². The highest BCUT2D eigenvalue weighted by molar-refractivity contribution is 5.82. The quantitative estimate of drug-likeness (QED) is 0.770. The average Bonchev–Trinajstić information content (AvgIpc) is 2.25. The molecule has 0 bridgehead atoms. The summed E-state index contributed by atoms with van der Waals surface area (Å²) in [5, 5.41) is 3.40. The minimum Gasteiger partial charge on any atom is -0.342 e. The molecule has 0 saturated carbocycles. The van der Waals surface area contributed by atoms with E-state index in [0.717, 1.165) is 25.9 Å². The van der Waals surface area contributed by atoms with Crippen LogP contribution in [0.25, 0.3) is 0 Å². The number of hydrogen-bond acceptors (Lipinski definition) is 2. The Balaban J connectivity index is 2.49. The van der Waals surface area contributed by atoms with E-state index in [1.54, 1.807) is 0 Å². The maximum absolute atomic E-state index is 12.1. The molecule has 1 amide bonds. The molecule has 3 nitrogen and oxygen atoms in total. The zero-order valence-electron chi connectivity index (χ0n) is 10.3. The van der Waals surface area contributed by atoms with Crippen LogP contribution in [0.3, 0.4) is 0 Å². The minimum absolute atomic E-state index is 0.0697. The Bertz CT molecular complexity index is 206. The Hall–Kier alpha value is -0.570. The number of likely N-dealkylation sites (N-methyl/N-ethyl adjacent to an activating group) is 1. The van der Waals surface area contributed by atoms with E-state index < -0.39 is 0 Å². The van der Waals surface area contributed by atoms with Crippen molar-refractivity contribution in [1.82, 2.24) is 10.2 Å². The van der Waals surface area contributed by atoms with Gasteiger partial charge in [0.05, 0.1) is 6.04 Å².